The zero-order chi connectivity index (χ0) is 25.9. The van der Waals surface area contributed by atoms with E-state index >= 15 is 0 Å². The second-order valence-electron chi connectivity index (χ2n) is 7.64. The molecule has 35 heavy (non-hydrogen) atoms. The van der Waals surface area contributed by atoms with Gasteiger partial charge in [-0.2, -0.15) is 13.2 Å². The Morgan fingerprint density at radius 1 is 1.17 bits per heavy atom. The summed E-state index contributed by atoms with van der Waals surface area (Å²) in [6.45, 7) is 0. The highest BCUT2D eigenvalue weighted by Gasteiger charge is 2.33. The Labute approximate surface area is 206 Å². The van der Waals surface area contributed by atoms with Gasteiger partial charge in [0.2, 0.25) is 5.91 Å². The molecule has 2 unspecified atom stereocenters. The Morgan fingerprint density at radius 3 is 2.37 bits per heavy atom. The molecule has 12 heteroatoms. The summed E-state index contributed by atoms with van der Waals surface area (Å²) in [6.07, 6.45) is -4.48. The first kappa shape index (κ1) is 26.6. The number of rotatable bonds is 8. The average Bonchev–Trinajstić information content (AvgIpc) is 2.78. The third-order valence-corrected chi connectivity index (χ3v) is 6.30. The molecule has 3 aromatic rings. The SMILES string of the molecule is CN(c1ccc(C(CCc2ccc(C(F)(F)F)nc2-c2ccc(Cl)cc2)C(N)=O)cc1F)S(=O)O. The van der Waals surface area contributed by atoms with Gasteiger partial charge in [0.15, 0.2) is 0 Å². The second-order valence-corrected chi connectivity index (χ2v) is 9.09. The first-order valence-corrected chi connectivity index (χ1v) is 11.6. The maximum absolute atomic E-state index is 14.6. The fourth-order valence-electron chi connectivity index (χ4n) is 3.56. The topological polar surface area (TPSA) is 96.5 Å². The lowest BCUT2D eigenvalue weighted by Gasteiger charge is -2.19. The van der Waals surface area contributed by atoms with Gasteiger partial charge in [-0.25, -0.2) is 13.6 Å². The number of anilines is 1. The molecule has 0 aliphatic carbocycles. The van der Waals surface area contributed by atoms with Gasteiger partial charge in [0.25, 0.3) is 11.3 Å². The molecule has 6 nitrogen and oxygen atoms in total. The van der Waals surface area contributed by atoms with Crippen LogP contribution >= 0.6 is 11.6 Å². The van der Waals surface area contributed by atoms with Gasteiger partial charge in [-0.1, -0.05) is 35.9 Å². The van der Waals surface area contributed by atoms with E-state index in [-0.39, 0.29) is 29.8 Å². The number of alkyl halides is 3. The average molecular weight is 530 g/mol. The highest BCUT2D eigenvalue weighted by molar-refractivity contribution is 7.80. The van der Waals surface area contributed by atoms with E-state index in [4.69, 9.17) is 21.9 Å². The fourth-order valence-corrected chi connectivity index (χ4v) is 4.00. The molecule has 2 atom stereocenters. The minimum absolute atomic E-state index is 0.0591. The predicted molar refractivity (Wildman–Crippen MR) is 126 cm³/mol. The molecule has 0 bridgehead atoms. The van der Waals surface area contributed by atoms with Gasteiger partial charge >= 0.3 is 6.18 Å². The maximum atomic E-state index is 14.6. The molecule has 1 amide bonds. The molecular weight excluding hydrogens is 510 g/mol. The number of carbonyl (C=O) groups is 1. The number of benzene rings is 2. The van der Waals surface area contributed by atoms with Crippen LogP contribution in [0, 0.1) is 5.82 Å². The van der Waals surface area contributed by atoms with E-state index in [1.54, 1.807) is 0 Å². The number of nitrogens with two attached hydrogens (primary N) is 1. The molecule has 0 spiro atoms. The molecule has 0 fully saturated rings. The lowest BCUT2D eigenvalue weighted by Crippen LogP contribution is -2.23. The van der Waals surface area contributed by atoms with Gasteiger partial charge in [-0.05, 0) is 54.3 Å². The lowest BCUT2D eigenvalue weighted by molar-refractivity contribution is -0.141. The molecule has 1 heterocycles. The minimum atomic E-state index is -4.65. The first-order chi connectivity index (χ1) is 16.4. The number of hydrogen-bond donors (Lipinski definition) is 2. The van der Waals surface area contributed by atoms with E-state index in [2.05, 4.69) is 4.98 Å². The van der Waals surface area contributed by atoms with E-state index in [1.165, 1.54) is 49.5 Å². The number of aromatic nitrogens is 1. The molecule has 3 rings (SSSR count). The highest BCUT2D eigenvalue weighted by atomic mass is 35.5. The van der Waals surface area contributed by atoms with Crippen molar-refractivity contribution in [3.63, 3.8) is 0 Å². The number of halogens is 5. The van der Waals surface area contributed by atoms with Crippen molar-refractivity contribution in [2.45, 2.75) is 24.9 Å². The largest absolute Gasteiger partial charge is 0.433 e. The summed E-state index contributed by atoms with van der Waals surface area (Å²) >= 11 is 3.44. The summed E-state index contributed by atoms with van der Waals surface area (Å²) in [5.41, 5.74) is 5.45. The van der Waals surface area contributed by atoms with Crippen LogP contribution in [0.4, 0.5) is 23.2 Å². The van der Waals surface area contributed by atoms with E-state index in [0.717, 1.165) is 16.4 Å². The van der Waals surface area contributed by atoms with Crippen molar-refractivity contribution in [3.8, 4) is 11.3 Å². The first-order valence-electron chi connectivity index (χ1n) is 10.1. The summed E-state index contributed by atoms with van der Waals surface area (Å²) in [4.78, 5) is 16.0. The van der Waals surface area contributed by atoms with Crippen molar-refractivity contribution in [1.82, 2.24) is 4.98 Å². The number of amides is 1. The van der Waals surface area contributed by atoms with Crippen LogP contribution in [-0.4, -0.2) is 26.7 Å². The molecule has 3 N–H and O–H groups in total. The number of primary amides is 1. The van der Waals surface area contributed by atoms with E-state index in [1.807, 2.05) is 0 Å². The number of hydrogen-bond acceptors (Lipinski definition) is 3. The highest BCUT2D eigenvalue weighted by Crippen LogP contribution is 2.33. The molecule has 0 radical (unpaired) electrons. The van der Waals surface area contributed by atoms with Crippen LogP contribution in [0.25, 0.3) is 11.3 Å². The Hall–Kier alpha value is -3.02. The van der Waals surface area contributed by atoms with E-state index < -0.39 is 40.8 Å². The molecular formula is C23H20ClF4N3O3S. The summed E-state index contributed by atoms with van der Waals surface area (Å²) in [5.74, 6) is -2.57. The van der Waals surface area contributed by atoms with E-state index in [9.17, 15) is 26.6 Å². The summed E-state index contributed by atoms with van der Waals surface area (Å²) in [6, 6.07) is 12.0. The quantitative estimate of drug-likeness (QED) is 0.304. The normalized spacial score (nSPS) is 13.3. The predicted octanol–water partition coefficient (Wildman–Crippen LogP) is 5.33. The van der Waals surface area contributed by atoms with Crippen LogP contribution in [0.2, 0.25) is 5.02 Å². The van der Waals surface area contributed by atoms with Gasteiger partial charge in [0, 0.05) is 17.6 Å². The summed E-state index contributed by atoms with van der Waals surface area (Å²) in [5, 5.41) is 0.400. The van der Waals surface area contributed by atoms with Gasteiger partial charge in [-0.3, -0.25) is 13.7 Å². The number of nitrogens with zero attached hydrogens (tertiary/aromatic N) is 2. The molecule has 186 valence electrons. The third kappa shape index (κ3) is 6.36. The monoisotopic (exact) mass is 529 g/mol. The molecule has 1 aromatic heterocycles. The Balaban J connectivity index is 1.94. The zero-order valence-electron chi connectivity index (χ0n) is 18.2. The van der Waals surface area contributed by atoms with Gasteiger partial charge < -0.3 is 5.73 Å². The van der Waals surface area contributed by atoms with E-state index in [0.29, 0.717) is 16.1 Å². The van der Waals surface area contributed by atoms with Crippen molar-refractivity contribution in [2.24, 2.45) is 5.73 Å². The van der Waals surface area contributed by atoms with Crippen LogP contribution in [0.5, 0.6) is 0 Å². The summed E-state index contributed by atoms with van der Waals surface area (Å²) < 4.78 is 75.5. The molecule has 0 saturated carbocycles. The third-order valence-electron chi connectivity index (χ3n) is 5.38. The van der Waals surface area contributed by atoms with Crippen molar-refractivity contribution in [3.05, 3.63) is 82.3 Å². The molecule has 0 aliphatic rings. The number of pyridine rings is 1. The van der Waals surface area contributed by atoms with Crippen molar-refractivity contribution < 1.29 is 31.1 Å². The van der Waals surface area contributed by atoms with Crippen LogP contribution < -0.4 is 10.0 Å². The summed E-state index contributed by atoms with van der Waals surface area (Å²) in [7, 11) is 1.22. The van der Waals surface area contributed by atoms with Crippen molar-refractivity contribution in [1.29, 1.82) is 0 Å². The Kier molecular flexibility index (Phi) is 8.14. The van der Waals surface area contributed by atoms with Gasteiger partial charge in [0.05, 0.1) is 17.3 Å². The van der Waals surface area contributed by atoms with Crippen LogP contribution in [-0.2, 0) is 28.7 Å². The minimum Gasteiger partial charge on any atom is -0.369 e. The van der Waals surface area contributed by atoms with Crippen LogP contribution in [0.3, 0.4) is 0 Å². The molecule has 0 aliphatic heterocycles. The van der Waals surface area contributed by atoms with Crippen LogP contribution in [0.1, 0.15) is 29.2 Å². The lowest BCUT2D eigenvalue weighted by atomic mass is 9.90. The zero-order valence-corrected chi connectivity index (χ0v) is 19.8. The Morgan fingerprint density at radius 2 is 1.83 bits per heavy atom. The number of aryl methyl sites for hydroxylation is 1. The number of carbonyl (C=O) groups excluding carboxylic acids is 1. The van der Waals surface area contributed by atoms with Gasteiger partial charge in [-0.15, -0.1) is 0 Å². The van der Waals surface area contributed by atoms with Crippen molar-refractivity contribution >= 4 is 34.5 Å². The van der Waals surface area contributed by atoms with Gasteiger partial charge in [0.1, 0.15) is 11.5 Å². The molecule has 2 aromatic carbocycles. The van der Waals surface area contributed by atoms with Crippen LogP contribution in [0.15, 0.2) is 54.6 Å². The second kappa shape index (κ2) is 10.7. The standard InChI is InChI=1S/C23H20ClF4N3O3S/c1-31(35(33)34)19-10-5-15(12-18(19)25)17(22(29)32)9-4-14-6-11-20(23(26,27)28)30-21(14)13-2-7-16(24)8-3-13/h2-3,5-8,10-12,17H,4,9H2,1H3,(H2,29,32)(H,33,34). The maximum Gasteiger partial charge on any atom is 0.433 e. The Bertz CT molecular complexity index is 1260. The molecule has 0 saturated heterocycles. The smallest absolute Gasteiger partial charge is 0.369 e. The fraction of sp³-hybridized carbons (Fsp3) is 0.217. The van der Waals surface area contributed by atoms with Crippen molar-refractivity contribution in [2.75, 3.05) is 11.4 Å².